The molecule has 0 aliphatic heterocycles. The van der Waals surface area contributed by atoms with E-state index in [4.69, 9.17) is 22.4 Å². The lowest BCUT2D eigenvalue weighted by Gasteiger charge is -2.39. The van der Waals surface area contributed by atoms with E-state index in [-0.39, 0.29) is 5.91 Å². The van der Waals surface area contributed by atoms with Crippen LogP contribution in [0.5, 0.6) is 0 Å². The van der Waals surface area contributed by atoms with Crippen LogP contribution >= 0.6 is 12.2 Å². The van der Waals surface area contributed by atoms with E-state index in [0.717, 1.165) is 25.7 Å². The molecule has 4 nitrogen and oxygen atoms in total. The predicted octanol–water partition coefficient (Wildman–Crippen LogP) is 2.94. The highest BCUT2D eigenvalue weighted by molar-refractivity contribution is 7.80. The fraction of sp³-hybridized carbons (Fsp3) is 0.600. The van der Waals surface area contributed by atoms with E-state index in [1.54, 1.807) is 6.07 Å². The molecule has 1 aromatic heterocycles. The van der Waals surface area contributed by atoms with Gasteiger partial charge < -0.3 is 15.5 Å². The number of amides is 1. The molecule has 1 saturated carbocycles. The number of aryl methyl sites for hydroxylation is 1. The lowest BCUT2D eigenvalue weighted by atomic mass is 9.75. The molecule has 0 radical (unpaired) electrons. The van der Waals surface area contributed by atoms with Crippen LogP contribution in [0.15, 0.2) is 16.7 Å². The number of carbonyl (C=O) groups excluding carboxylic acids is 1. The molecule has 1 fully saturated rings. The van der Waals surface area contributed by atoms with Crippen LogP contribution < -0.4 is 11.1 Å². The first-order chi connectivity index (χ1) is 9.47. The second-order valence-corrected chi connectivity index (χ2v) is 6.14. The van der Waals surface area contributed by atoms with Gasteiger partial charge in [0.1, 0.15) is 12.0 Å². The average Bonchev–Trinajstić information content (AvgIpc) is 2.86. The fourth-order valence-corrected chi connectivity index (χ4v) is 3.12. The molecule has 110 valence electrons. The molecule has 5 heteroatoms. The van der Waals surface area contributed by atoms with Crippen molar-refractivity contribution >= 4 is 23.1 Å². The Labute approximate surface area is 125 Å². The predicted molar refractivity (Wildman–Crippen MR) is 82.7 cm³/mol. The van der Waals surface area contributed by atoms with Crippen molar-refractivity contribution in [3.05, 3.63) is 23.7 Å². The van der Waals surface area contributed by atoms with Crippen molar-refractivity contribution in [1.29, 1.82) is 0 Å². The minimum atomic E-state index is -0.538. The normalized spacial score (nSPS) is 26.2. The Morgan fingerprint density at radius 1 is 1.55 bits per heavy atom. The summed E-state index contributed by atoms with van der Waals surface area (Å²) in [7, 11) is 0. The number of nitrogens with two attached hydrogens (primary N) is 1. The lowest BCUT2D eigenvalue weighted by molar-refractivity contribution is 0.0897. The number of rotatable bonds is 4. The maximum Gasteiger partial charge on any atom is 0.255 e. The summed E-state index contributed by atoms with van der Waals surface area (Å²) in [5.74, 6) is 1.27. The first-order valence-corrected chi connectivity index (χ1v) is 7.55. The van der Waals surface area contributed by atoms with E-state index >= 15 is 0 Å². The summed E-state index contributed by atoms with van der Waals surface area (Å²) in [4.78, 5) is 12.7. The van der Waals surface area contributed by atoms with Crippen molar-refractivity contribution < 1.29 is 9.21 Å². The van der Waals surface area contributed by atoms with Gasteiger partial charge in [-0.25, -0.2) is 0 Å². The Balaban J connectivity index is 2.10. The number of hydrogen-bond acceptors (Lipinski definition) is 3. The Hall–Kier alpha value is -1.36. The van der Waals surface area contributed by atoms with Gasteiger partial charge >= 0.3 is 0 Å². The van der Waals surface area contributed by atoms with E-state index < -0.39 is 5.54 Å². The van der Waals surface area contributed by atoms with Crippen LogP contribution in [-0.2, 0) is 0 Å². The third-order valence-corrected chi connectivity index (χ3v) is 4.74. The van der Waals surface area contributed by atoms with Crippen molar-refractivity contribution in [3.63, 3.8) is 0 Å². The van der Waals surface area contributed by atoms with Crippen LogP contribution in [0.1, 0.15) is 55.1 Å². The second kappa shape index (κ2) is 5.95. The molecule has 0 bridgehead atoms. The summed E-state index contributed by atoms with van der Waals surface area (Å²) in [6.45, 7) is 4.01. The summed E-state index contributed by atoms with van der Waals surface area (Å²) >= 11 is 5.22. The van der Waals surface area contributed by atoms with E-state index in [9.17, 15) is 4.79 Å². The largest absolute Gasteiger partial charge is 0.469 e. The molecule has 0 spiro atoms. The van der Waals surface area contributed by atoms with Crippen LogP contribution in [0.4, 0.5) is 0 Å². The lowest BCUT2D eigenvalue weighted by Crippen LogP contribution is -2.58. The van der Waals surface area contributed by atoms with Gasteiger partial charge in [0.2, 0.25) is 0 Å². The van der Waals surface area contributed by atoms with Crippen molar-refractivity contribution in [1.82, 2.24) is 5.32 Å². The monoisotopic (exact) mass is 294 g/mol. The quantitative estimate of drug-likeness (QED) is 0.838. The van der Waals surface area contributed by atoms with Gasteiger partial charge in [-0.2, -0.15) is 0 Å². The Morgan fingerprint density at radius 2 is 2.20 bits per heavy atom. The molecule has 0 saturated heterocycles. The number of thiocarbonyl (C=S) groups is 1. The summed E-state index contributed by atoms with van der Waals surface area (Å²) in [6, 6.07) is 1.72. The van der Waals surface area contributed by atoms with Crippen LogP contribution in [0, 0.1) is 12.8 Å². The second-order valence-electron chi connectivity index (χ2n) is 5.70. The zero-order valence-electron chi connectivity index (χ0n) is 12.1. The molecule has 0 atom stereocenters. The molecule has 2 rings (SSSR count). The Bertz CT molecular complexity index is 502. The molecular formula is C15H22N2O2S. The Morgan fingerprint density at radius 3 is 2.65 bits per heavy atom. The standard InChI is InChI=1S/C15H22N2O2S/c1-3-11-4-6-15(7-5-11,14(16)20)17-13(18)12-8-10(2)19-9-12/h8-9,11H,3-7H2,1-2H3,(H2,16,20)(H,17,18). The zero-order chi connectivity index (χ0) is 14.8. The van der Waals surface area contributed by atoms with Crippen LogP contribution in [0.25, 0.3) is 0 Å². The molecular weight excluding hydrogens is 272 g/mol. The number of furan rings is 1. The molecule has 1 aliphatic rings. The molecule has 0 aromatic carbocycles. The molecule has 0 unspecified atom stereocenters. The first kappa shape index (κ1) is 15.0. The van der Waals surface area contributed by atoms with Gasteiger partial charge in [0.15, 0.2) is 0 Å². The molecule has 1 amide bonds. The summed E-state index contributed by atoms with van der Waals surface area (Å²) in [5.41, 5.74) is 5.90. The third kappa shape index (κ3) is 3.03. The maximum atomic E-state index is 12.3. The number of carbonyl (C=O) groups is 1. The summed E-state index contributed by atoms with van der Waals surface area (Å²) < 4.78 is 5.18. The van der Waals surface area contributed by atoms with E-state index in [1.807, 2.05) is 6.92 Å². The third-order valence-electron chi connectivity index (χ3n) is 4.35. The minimum absolute atomic E-state index is 0.162. The summed E-state index contributed by atoms with van der Waals surface area (Å²) in [5, 5.41) is 3.04. The highest BCUT2D eigenvalue weighted by Crippen LogP contribution is 2.34. The van der Waals surface area contributed by atoms with Crippen molar-refractivity contribution in [2.24, 2.45) is 11.7 Å². The van der Waals surface area contributed by atoms with Crippen molar-refractivity contribution in [2.45, 2.75) is 51.5 Å². The fourth-order valence-electron chi connectivity index (χ4n) is 2.86. The van der Waals surface area contributed by atoms with E-state index in [2.05, 4.69) is 12.2 Å². The van der Waals surface area contributed by atoms with Gasteiger partial charge in [-0.1, -0.05) is 25.6 Å². The van der Waals surface area contributed by atoms with E-state index in [1.165, 1.54) is 12.7 Å². The van der Waals surface area contributed by atoms with Gasteiger partial charge in [-0.05, 0) is 44.6 Å². The van der Waals surface area contributed by atoms with Crippen LogP contribution in [0.3, 0.4) is 0 Å². The van der Waals surface area contributed by atoms with Gasteiger partial charge in [0, 0.05) is 0 Å². The van der Waals surface area contributed by atoms with Gasteiger partial charge in [-0.15, -0.1) is 0 Å². The van der Waals surface area contributed by atoms with Gasteiger partial charge in [0.05, 0.1) is 16.1 Å². The van der Waals surface area contributed by atoms with E-state index in [0.29, 0.717) is 22.2 Å². The average molecular weight is 294 g/mol. The molecule has 3 N–H and O–H groups in total. The zero-order valence-corrected chi connectivity index (χ0v) is 12.9. The molecule has 1 aliphatic carbocycles. The molecule has 20 heavy (non-hydrogen) atoms. The van der Waals surface area contributed by atoms with Crippen molar-refractivity contribution in [2.75, 3.05) is 0 Å². The molecule has 1 aromatic rings. The topological polar surface area (TPSA) is 68.3 Å². The number of hydrogen-bond donors (Lipinski definition) is 2. The highest BCUT2D eigenvalue weighted by Gasteiger charge is 2.39. The van der Waals surface area contributed by atoms with Gasteiger partial charge in [0.25, 0.3) is 5.91 Å². The van der Waals surface area contributed by atoms with Crippen LogP contribution in [0.2, 0.25) is 0 Å². The summed E-state index contributed by atoms with van der Waals surface area (Å²) in [6.07, 6.45) is 6.39. The highest BCUT2D eigenvalue weighted by atomic mass is 32.1. The number of nitrogens with one attached hydrogen (secondary N) is 1. The minimum Gasteiger partial charge on any atom is -0.469 e. The Kier molecular flexibility index (Phi) is 4.48. The van der Waals surface area contributed by atoms with Crippen molar-refractivity contribution in [3.8, 4) is 0 Å². The van der Waals surface area contributed by atoms with Gasteiger partial charge in [-0.3, -0.25) is 4.79 Å². The smallest absolute Gasteiger partial charge is 0.255 e. The first-order valence-electron chi connectivity index (χ1n) is 7.14. The maximum absolute atomic E-state index is 12.3. The van der Waals surface area contributed by atoms with Crippen LogP contribution in [-0.4, -0.2) is 16.4 Å². The SMILES string of the molecule is CCC1CCC(NC(=O)c2coc(C)c2)(C(N)=S)CC1. The molecule has 1 heterocycles.